The number of para-hydroxylation sites is 1. The van der Waals surface area contributed by atoms with Crippen LogP contribution in [-0.2, 0) is 11.2 Å². The van der Waals surface area contributed by atoms with E-state index in [9.17, 15) is 4.79 Å². The van der Waals surface area contributed by atoms with Crippen molar-refractivity contribution in [3.63, 3.8) is 0 Å². The number of hydrogen-bond donors (Lipinski definition) is 2. The molecule has 0 saturated heterocycles. The first kappa shape index (κ1) is 17.3. The van der Waals surface area contributed by atoms with E-state index in [0.29, 0.717) is 6.42 Å². The first-order valence-electron chi connectivity index (χ1n) is 8.54. The van der Waals surface area contributed by atoms with E-state index in [1.54, 1.807) is 0 Å². The van der Waals surface area contributed by atoms with Crippen LogP contribution in [0.5, 0.6) is 0 Å². The highest BCUT2D eigenvalue weighted by Crippen LogP contribution is 2.11. The molecule has 0 radical (unpaired) electrons. The van der Waals surface area contributed by atoms with Crippen molar-refractivity contribution in [3.05, 3.63) is 48.0 Å². The van der Waals surface area contributed by atoms with E-state index in [1.165, 1.54) is 30.6 Å². The minimum atomic E-state index is -0.682. The monoisotopic (exact) mass is 315 g/mol. The number of carbonyl (C=O) groups is 1. The molecule has 1 aromatic carbocycles. The van der Waals surface area contributed by atoms with Gasteiger partial charge in [0.05, 0.1) is 0 Å². The van der Waals surface area contributed by atoms with E-state index < -0.39 is 5.97 Å². The molecular formula is C19H27N2O2+. The number of aromatic amines is 1. The van der Waals surface area contributed by atoms with Gasteiger partial charge in [-0.25, -0.2) is 4.98 Å². The lowest BCUT2D eigenvalue weighted by molar-refractivity contribution is -0.609. The third-order valence-electron chi connectivity index (χ3n) is 4.16. The number of carboxylic acids is 1. The van der Waals surface area contributed by atoms with Crippen LogP contribution in [0.2, 0.25) is 0 Å². The van der Waals surface area contributed by atoms with Gasteiger partial charge in [0.15, 0.2) is 0 Å². The van der Waals surface area contributed by atoms with Crippen molar-refractivity contribution in [2.45, 2.75) is 58.3 Å². The zero-order chi connectivity index (χ0) is 16.5. The Morgan fingerprint density at radius 3 is 2.39 bits per heavy atom. The van der Waals surface area contributed by atoms with Gasteiger partial charge in [0.25, 0.3) is 5.82 Å². The number of imidazole rings is 1. The number of H-pyrrole nitrogens is 1. The van der Waals surface area contributed by atoms with Gasteiger partial charge in [-0.3, -0.25) is 4.79 Å². The van der Waals surface area contributed by atoms with E-state index in [-0.39, 0.29) is 0 Å². The van der Waals surface area contributed by atoms with Gasteiger partial charge in [0.1, 0.15) is 17.6 Å². The van der Waals surface area contributed by atoms with Crippen LogP contribution in [-0.4, -0.2) is 16.1 Å². The van der Waals surface area contributed by atoms with E-state index >= 15 is 0 Å². The zero-order valence-electron chi connectivity index (χ0n) is 13.9. The molecule has 0 aliphatic carbocycles. The first-order chi connectivity index (χ1) is 11.2. The van der Waals surface area contributed by atoms with Crippen molar-refractivity contribution in [1.29, 1.82) is 0 Å². The molecule has 0 fully saturated rings. The van der Waals surface area contributed by atoms with Crippen LogP contribution in [0.15, 0.2) is 36.5 Å². The molecule has 2 rings (SSSR count). The zero-order valence-corrected chi connectivity index (χ0v) is 13.9. The molecule has 0 aliphatic rings. The third-order valence-corrected chi connectivity index (χ3v) is 4.16. The van der Waals surface area contributed by atoms with Gasteiger partial charge in [-0.2, -0.15) is 4.57 Å². The lowest BCUT2D eigenvalue weighted by Crippen LogP contribution is -2.36. The molecule has 0 atom stereocenters. The second-order valence-corrected chi connectivity index (χ2v) is 6.05. The maximum absolute atomic E-state index is 10.4. The van der Waals surface area contributed by atoms with E-state index in [2.05, 4.69) is 46.9 Å². The van der Waals surface area contributed by atoms with Gasteiger partial charge in [-0.1, -0.05) is 43.9 Å². The van der Waals surface area contributed by atoms with Crippen molar-refractivity contribution in [1.82, 2.24) is 4.98 Å². The van der Waals surface area contributed by atoms with E-state index in [1.807, 2.05) is 6.07 Å². The lowest BCUT2D eigenvalue weighted by atomic mass is 10.1. The number of unbranched alkanes of at least 4 members (excludes halogenated alkanes) is 5. The number of rotatable bonds is 10. The molecule has 0 aliphatic heterocycles. The topological polar surface area (TPSA) is 57.0 Å². The van der Waals surface area contributed by atoms with Crippen molar-refractivity contribution >= 4 is 5.97 Å². The number of aliphatic carboxylic acids is 1. The molecule has 4 nitrogen and oxygen atoms in total. The number of nitrogens with one attached hydrogen (secondary N) is 1. The highest BCUT2D eigenvalue weighted by Gasteiger charge is 2.15. The van der Waals surface area contributed by atoms with Crippen molar-refractivity contribution in [3.8, 4) is 5.69 Å². The van der Waals surface area contributed by atoms with Gasteiger partial charge in [-0.15, -0.1) is 0 Å². The summed E-state index contributed by atoms with van der Waals surface area (Å²) in [7, 11) is 0. The summed E-state index contributed by atoms with van der Waals surface area (Å²) >= 11 is 0. The summed E-state index contributed by atoms with van der Waals surface area (Å²) in [5.41, 5.74) is 2.52. The van der Waals surface area contributed by atoms with Crippen LogP contribution in [0.3, 0.4) is 0 Å². The Balaban J connectivity index is 1.74. The number of hydrogen-bond acceptors (Lipinski definition) is 1. The summed E-state index contributed by atoms with van der Waals surface area (Å²) in [4.78, 5) is 13.8. The molecule has 1 heterocycles. The largest absolute Gasteiger partial charge is 0.481 e. The van der Waals surface area contributed by atoms with E-state index in [4.69, 9.17) is 5.11 Å². The van der Waals surface area contributed by atoms with E-state index in [0.717, 1.165) is 31.5 Å². The van der Waals surface area contributed by atoms with Gasteiger partial charge in [0, 0.05) is 19.8 Å². The highest BCUT2D eigenvalue weighted by atomic mass is 16.4. The van der Waals surface area contributed by atoms with Gasteiger partial charge in [0.2, 0.25) is 0 Å². The smallest absolute Gasteiger partial charge is 0.303 e. The molecular weight excluding hydrogens is 288 g/mol. The predicted molar refractivity (Wildman–Crippen MR) is 90.7 cm³/mol. The van der Waals surface area contributed by atoms with Crippen LogP contribution >= 0.6 is 0 Å². The second-order valence-electron chi connectivity index (χ2n) is 6.05. The van der Waals surface area contributed by atoms with Crippen LogP contribution in [0.25, 0.3) is 5.69 Å². The Morgan fingerprint density at radius 2 is 1.70 bits per heavy atom. The number of carboxylic acid groups (broad SMARTS) is 1. The summed E-state index contributed by atoms with van der Waals surface area (Å²) in [6.45, 7) is 2.10. The fraction of sp³-hybridized carbons (Fsp3) is 0.474. The Hall–Kier alpha value is -2.10. The molecule has 2 aromatic rings. The number of benzene rings is 1. The summed E-state index contributed by atoms with van der Waals surface area (Å²) in [6, 6.07) is 10.4. The number of aryl methyl sites for hydroxylation is 2. The van der Waals surface area contributed by atoms with Crippen molar-refractivity contribution in [2.24, 2.45) is 0 Å². The minimum absolute atomic E-state index is 0.305. The highest BCUT2D eigenvalue weighted by molar-refractivity contribution is 5.66. The standard InChI is InChI=1S/C19H26N2O2/c1-16-20-15-18(21(16)17-11-8-6-9-12-17)13-7-4-2-3-5-10-14-19(22)23/h6,8-9,11-12,15H,2-5,7,10,13-14H2,1H3,(H,22,23)/p+1. The Morgan fingerprint density at radius 1 is 1.04 bits per heavy atom. The van der Waals surface area contributed by atoms with Crippen LogP contribution in [0, 0.1) is 6.92 Å². The fourth-order valence-corrected chi connectivity index (χ4v) is 2.94. The molecule has 2 N–H and O–H groups in total. The summed E-state index contributed by atoms with van der Waals surface area (Å²) in [5, 5.41) is 8.60. The number of nitrogens with zero attached hydrogens (tertiary/aromatic N) is 1. The molecule has 23 heavy (non-hydrogen) atoms. The average Bonchev–Trinajstić information content (AvgIpc) is 2.91. The summed E-state index contributed by atoms with van der Waals surface area (Å²) in [5.74, 6) is 0.471. The Kier molecular flexibility index (Phi) is 6.85. The SMILES string of the molecule is Cc1[nH]cc(CCCCCCCCC(=O)O)[n+]1-c1ccccc1. The maximum atomic E-state index is 10.4. The molecule has 1 aromatic heterocycles. The van der Waals surface area contributed by atoms with Crippen molar-refractivity contribution in [2.75, 3.05) is 0 Å². The third kappa shape index (κ3) is 5.55. The van der Waals surface area contributed by atoms with Crippen LogP contribution in [0.1, 0.15) is 56.5 Å². The maximum Gasteiger partial charge on any atom is 0.303 e. The van der Waals surface area contributed by atoms with Gasteiger partial charge >= 0.3 is 5.97 Å². The first-order valence-corrected chi connectivity index (χ1v) is 8.54. The minimum Gasteiger partial charge on any atom is -0.481 e. The Bertz CT molecular complexity index is 605. The molecule has 0 amide bonds. The fourth-order valence-electron chi connectivity index (χ4n) is 2.94. The molecule has 124 valence electrons. The summed E-state index contributed by atoms with van der Waals surface area (Å²) in [6.07, 6.45) is 10.0. The van der Waals surface area contributed by atoms with Crippen LogP contribution < -0.4 is 4.57 Å². The van der Waals surface area contributed by atoms with Gasteiger partial charge < -0.3 is 5.11 Å². The Labute approximate surface area is 138 Å². The normalized spacial score (nSPS) is 10.8. The predicted octanol–water partition coefficient (Wildman–Crippen LogP) is 3.96. The molecule has 0 unspecified atom stereocenters. The molecule has 0 bridgehead atoms. The quantitative estimate of drug-likeness (QED) is 0.515. The molecule has 0 saturated carbocycles. The van der Waals surface area contributed by atoms with Crippen molar-refractivity contribution < 1.29 is 14.5 Å². The summed E-state index contributed by atoms with van der Waals surface area (Å²) < 4.78 is 2.28. The second kappa shape index (κ2) is 9.13. The molecule has 4 heteroatoms. The average molecular weight is 315 g/mol. The van der Waals surface area contributed by atoms with Crippen LogP contribution in [0.4, 0.5) is 0 Å². The number of aromatic nitrogens is 2. The lowest BCUT2D eigenvalue weighted by Gasteiger charge is -2.04. The molecule has 0 spiro atoms. The van der Waals surface area contributed by atoms with Gasteiger partial charge in [-0.05, 0) is 25.0 Å².